The summed E-state index contributed by atoms with van der Waals surface area (Å²) in [6.45, 7) is 3.95. The second-order valence-corrected chi connectivity index (χ2v) is 4.03. The minimum Gasteiger partial charge on any atom is -0.496 e. The summed E-state index contributed by atoms with van der Waals surface area (Å²) in [6.07, 6.45) is 0.782. The highest BCUT2D eigenvalue weighted by Gasteiger charge is 2.09. The molecule has 1 aromatic rings. The number of halogens is 1. The second-order valence-electron chi connectivity index (χ2n) is 3.60. The fraction of sp³-hybridized carbons (Fsp3) is 0.455. The molecule has 0 amide bonds. The van der Waals surface area contributed by atoms with Crippen LogP contribution in [0.3, 0.4) is 0 Å². The lowest BCUT2D eigenvalue weighted by atomic mass is 10.0. The Bertz CT molecular complexity index is 323. The van der Waals surface area contributed by atoms with Crippen molar-refractivity contribution in [3.63, 3.8) is 0 Å². The van der Waals surface area contributed by atoms with Gasteiger partial charge in [0.25, 0.3) is 0 Å². The molecule has 3 heteroatoms. The lowest BCUT2D eigenvalue weighted by molar-refractivity contribution is 0.405. The first kappa shape index (κ1) is 11.3. The maximum Gasteiger partial charge on any atom is 0.125 e. The van der Waals surface area contributed by atoms with Crippen LogP contribution in [0.1, 0.15) is 18.1 Å². The number of nitrogens with two attached hydrogens (primary N) is 1. The second kappa shape index (κ2) is 4.67. The van der Waals surface area contributed by atoms with Gasteiger partial charge in [-0.3, -0.25) is 0 Å². The number of hydrogen-bond acceptors (Lipinski definition) is 2. The molecule has 1 atom stereocenters. The first-order chi connectivity index (χ1) is 6.54. The normalized spacial score (nSPS) is 12.6. The fourth-order valence-electron chi connectivity index (χ4n) is 1.59. The van der Waals surface area contributed by atoms with Crippen LogP contribution in [-0.2, 0) is 6.42 Å². The van der Waals surface area contributed by atoms with Gasteiger partial charge in [0, 0.05) is 11.1 Å². The molecule has 0 radical (unpaired) electrons. The molecule has 0 bridgehead atoms. The predicted octanol–water partition coefficient (Wildman–Crippen LogP) is 2.55. The van der Waals surface area contributed by atoms with Crippen molar-refractivity contribution in [3.05, 3.63) is 28.3 Å². The van der Waals surface area contributed by atoms with E-state index in [1.54, 1.807) is 7.11 Å². The number of ether oxygens (including phenoxy) is 1. The molecule has 78 valence electrons. The van der Waals surface area contributed by atoms with Gasteiger partial charge in [0.1, 0.15) is 5.75 Å². The third-order valence-corrected chi connectivity index (χ3v) is 2.28. The monoisotopic (exact) mass is 213 g/mol. The van der Waals surface area contributed by atoms with E-state index in [9.17, 15) is 0 Å². The SMILES string of the molecule is COc1c(C)cc(Cl)cc1CC(C)N. The molecule has 0 saturated carbocycles. The van der Waals surface area contributed by atoms with Crippen LogP contribution in [0, 0.1) is 6.92 Å². The summed E-state index contributed by atoms with van der Waals surface area (Å²) in [5, 5.41) is 0.735. The molecule has 0 aliphatic carbocycles. The van der Waals surface area contributed by atoms with Gasteiger partial charge < -0.3 is 10.5 Å². The van der Waals surface area contributed by atoms with Crippen LogP contribution in [-0.4, -0.2) is 13.2 Å². The quantitative estimate of drug-likeness (QED) is 0.838. The molecule has 14 heavy (non-hydrogen) atoms. The van der Waals surface area contributed by atoms with Crippen molar-refractivity contribution in [1.29, 1.82) is 0 Å². The zero-order valence-corrected chi connectivity index (χ0v) is 9.56. The first-order valence-corrected chi connectivity index (χ1v) is 5.01. The predicted molar refractivity (Wildman–Crippen MR) is 60.1 cm³/mol. The summed E-state index contributed by atoms with van der Waals surface area (Å²) in [7, 11) is 1.67. The topological polar surface area (TPSA) is 35.2 Å². The van der Waals surface area contributed by atoms with Crippen molar-refractivity contribution in [2.45, 2.75) is 26.3 Å². The van der Waals surface area contributed by atoms with Gasteiger partial charge in [-0.2, -0.15) is 0 Å². The summed E-state index contributed by atoms with van der Waals surface area (Å²) in [4.78, 5) is 0. The molecule has 1 aromatic carbocycles. The third-order valence-electron chi connectivity index (χ3n) is 2.06. The van der Waals surface area contributed by atoms with E-state index in [2.05, 4.69) is 0 Å². The van der Waals surface area contributed by atoms with Crippen LogP contribution < -0.4 is 10.5 Å². The van der Waals surface area contributed by atoms with E-state index < -0.39 is 0 Å². The van der Waals surface area contributed by atoms with E-state index in [0.717, 1.165) is 28.3 Å². The Morgan fingerprint density at radius 1 is 1.50 bits per heavy atom. The minimum absolute atomic E-state index is 0.113. The molecule has 0 heterocycles. The van der Waals surface area contributed by atoms with Crippen LogP contribution in [0.2, 0.25) is 5.02 Å². The van der Waals surface area contributed by atoms with Gasteiger partial charge >= 0.3 is 0 Å². The van der Waals surface area contributed by atoms with E-state index in [4.69, 9.17) is 22.1 Å². The molecule has 2 N–H and O–H groups in total. The Morgan fingerprint density at radius 2 is 2.14 bits per heavy atom. The highest BCUT2D eigenvalue weighted by Crippen LogP contribution is 2.28. The third kappa shape index (κ3) is 2.63. The highest BCUT2D eigenvalue weighted by molar-refractivity contribution is 6.30. The molecule has 1 rings (SSSR count). The standard InChI is InChI=1S/C11H16ClNO/c1-7-4-10(12)6-9(5-8(2)13)11(7)14-3/h4,6,8H,5,13H2,1-3H3. The molecule has 0 aliphatic rings. The van der Waals surface area contributed by atoms with Crippen LogP contribution >= 0.6 is 11.6 Å². The van der Waals surface area contributed by atoms with Crippen LogP contribution in [0.15, 0.2) is 12.1 Å². The Labute approximate surface area is 90.0 Å². The number of hydrogen-bond donors (Lipinski definition) is 1. The zero-order valence-electron chi connectivity index (χ0n) is 8.80. The molecular weight excluding hydrogens is 198 g/mol. The Kier molecular flexibility index (Phi) is 3.78. The lowest BCUT2D eigenvalue weighted by Crippen LogP contribution is -2.18. The Morgan fingerprint density at radius 3 is 2.64 bits per heavy atom. The summed E-state index contributed by atoms with van der Waals surface area (Å²) in [5.74, 6) is 0.895. The van der Waals surface area contributed by atoms with Crippen molar-refractivity contribution >= 4 is 11.6 Å². The van der Waals surface area contributed by atoms with Gasteiger partial charge in [-0.25, -0.2) is 0 Å². The largest absolute Gasteiger partial charge is 0.496 e. The smallest absolute Gasteiger partial charge is 0.125 e. The van der Waals surface area contributed by atoms with Gasteiger partial charge in [0.2, 0.25) is 0 Å². The van der Waals surface area contributed by atoms with Gasteiger partial charge in [-0.15, -0.1) is 0 Å². The van der Waals surface area contributed by atoms with Crippen molar-refractivity contribution < 1.29 is 4.74 Å². The maximum atomic E-state index is 5.97. The van der Waals surface area contributed by atoms with Crippen LogP contribution in [0.5, 0.6) is 5.75 Å². The summed E-state index contributed by atoms with van der Waals surface area (Å²) < 4.78 is 5.32. The Balaban J connectivity index is 3.11. The van der Waals surface area contributed by atoms with Gasteiger partial charge in [-0.1, -0.05) is 11.6 Å². The Hall–Kier alpha value is -0.730. The molecule has 0 spiro atoms. The summed E-state index contributed by atoms with van der Waals surface area (Å²) in [6, 6.07) is 3.92. The maximum absolute atomic E-state index is 5.97. The molecule has 0 saturated heterocycles. The number of aryl methyl sites for hydroxylation is 1. The fourth-order valence-corrected chi connectivity index (χ4v) is 1.89. The van der Waals surface area contributed by atoms with Crippen LogP contribution in [0.4, 0.5) is 0 Å². The van der Waals surface area contributed by atoms with E-state index in [-0.39, 0.29) is 6.04 Å². The van der Waals surface area contributed by atoms with Crippen molar-refractivity contribution in [2.24, 2.45) is 5.73 Å². The average molecular weight is 214 g/mol. The highest BCUT2D eigenvalue weighted by atomic mass is 35.5. The minimum atomic E-state index is 0.113. The summed E-state index contributed by atoms with van der Waals surface area (Å²) in [5.41, 5.74) is 7.88. The van der Waals surface area contributed by atoms with Crippen molar-refractivity contribution in [1.82, 2.24) is 0 Å². The van der Waals surface area contributed by atoms with E-state index in [0.29, 0.717) is 0 Å². The number of benzene rings is 1. The van der Waals surface area contributed by atoms with Crippen molar-refractivity contribution in [3.8, 4) is 5.75 Å². The molecule has 0 aromatic heterocycles. The number of rotatable bonds is 3. The van der Waals surface area contributed by atoms with E-state index in [1.807, 2.05) is 26.0 Å². The average Bonchev–Trinajstić information content (AvgIpc) is 2.01. The molecule has 0 fully saturated rings. The van der Waals surface area contributed by atoms with Crippen LogP contribution in [0.25, 0.3) is 0 Å². The zero-order chi connectivity index (χ0) is 10.7. The molecule has 1 unspecified atom stereocenters. The van der Waals surface area contributed by atoms with Gasteiger partial charge in [0.15, 0.2) is 0 Å². The first-order valence-electron chi connectivity index (χ1n) is 4.63. The van der Waals surface area contributed by atoms with Crippen molar-refractivity contribution in [2.75, 3.05) is 7.11 Å². The molecule has 2 nitrogen and oxygen atoms in total. The van der Waals surface area contributed by atoms with Gasteiger partial charge in [0.05, 0.1) is 7.11 Å². The molecular formula is C11H16ClNO. The van der Waals surface area contributed by atoms with E-state index in [1.165, 1.54) is 0 Å². The van der Waals surface area contributed by atoms with Gasteiger partial charge in [-0.05, 0) is 43.5 Å². The van der Waals surface area contributed by atoms with E-state index >= 15 is 0 Å². The molecule has 0 aliphatic heterocycles. The lowest BCUT2D eigenvalue weighted by Gasteiger charge is -2.13. The summed E-state index contributed by atoms with van der Waals surface area (Å²) >= 11 is 5.97. The number of methoxy groups -OCH3 is 1.